The molecule has 186 valence electrons. The Bertz CT molecular complexity index is 1120. The van der Waals surface area contributed by atoms with Gasteiger partial charge in [-0.05, 0) is 37.0 Å². The van der Waals surface area contributed by atoms with E-state index in [4.69, 9.17) is 14.2 Å². The summed E-state index contributed by atoms with van der Waals surface area (Å²) >= 11 is 0. The van der Waals surface area contributed by atoms with Crippen LogP contribution in [0, 0.1) is 10.1 Å². The van der Waals surface area contributed by atoms with Gasteiger partial charge in [-0.1, -0.05) is 43.7 Å². The minimum absolute atomic E-state index is 0.0433. The third-order valence-electron chi connectivity index (χ3n) is 5.46. The molecule has 35 heavy (non-hydrogen) atoms. The molecule has 1 atom stereocenters. The third kappa shape index (κ3) is 6.08. The third-order valence-corrected chi connectivity index (χ3v) is 5.46. The number of urea groups is 1. The van der Waals surface area contributed by atoms with Crippen LogP contribution >= 0.6 is 0 Å². The number of methoxy groups -OCH3 is 1. The number of nitro benzene ring substituents is 1. The Morgan fingerprint density at radius 3 is 2.54 bits per heavy atom. The summed E-state index contributed by atoms with van der Waals surface area (Å²) in [4.78, 5) is 36.8. The molecule has 0 bridgehead atoms. The van der Waals surface area contributed by atoms with Gasteiger partial charge in [-0.3, -0.25) is 10.1 Å². The highest BCUT2D eigenvalue weighted by Crippen LogP contribution is 2.42. The second-order valence-corrected chi connectivity index (χ2v) is 7.85. The molecule has 2 amide bonds. The number of ether oxygens (including phenoxy) is 3. The Balaban J connectivity index is 2.08. The fourth-order valence-electron chi connectivity index (χ4n) is 3.81. The van der Waals surface area contributed by atoms with Gasteiger partial charge >= 0.3 is 17.7 Å². The number of hydrogen-bond acceptors (Lipinski definition) is 7. The number of unbranched alkanes of at least 4 members (excludes halogenated alkanes) is 1. The first-order valence-electron chi connectivity index (χ1n) is 11.4. The van der Waals surface area contributed by atoms with Gasteiger partial charge in [0.25, 0.3) is 0 Å². The van der Waals surface area contributed by atoms with Crippen molar-refractivity contribution in [3.63, 3.8) is 0 Å². The second kappa shape index (κ2) is 11.9. The van der Waals surface area contributed by atoms with Crippen molar-refractivity contribution in [3.05, 3.63) is 75.0 Å². The fourth-order valence-corrected chi connectivity index (χ4v) is 3.81. The Morgan fingerprint density at radius 2 is 1.91 bits per heavy atom. The summed E-state index contributed by atoms with van der Waals surface area (Å²) in [6, 6.07) is 10.6. The summed E-state index contributed by atoms with van der Waals surface area (Å²) in [5.41, 5.74) is 1.42. The molecule has 0 fully saturated rings. The van der Waals surface area contributed by atoms with Crippen LogP contribution in [-0.2, 0) is 16.1 Å². The highest BCUT2D eigenvalue weighted by molar-refractivity contribution is 5.95. The van der Waals surface area contributed by atoms with Crippen molar-refractivity contribution in [2.75, 3.05) is 13.7 Å². The van der Waals surface area contributed by atoms with Crippen molar-refractivity contribution in [3.8, 4) is 11.5 Å². The van der Waals surface area contributed by atoms with Crippen molar-refractivity contribution in [1.82, 2.24) is 10.6 Å². The zero-order chi connectivity index (χ0) is 25.4. The summed E-state index contributed by atoms with van der Waals surface area (Å²) in [6.07, 6.45) is 2.04. The fraction of sp³-hybridized carbons (Fsp3) is 0.360. The summed E-state index contributed by atoms with van der Waals surface area (Å²) < 4.78 is 16.5. The van der Waals surface area contributed by atoms with Crippen molar-refractivity contribution >= 4 is 17.7 Å². The number of esters is 1. The summed E-state index contributed by atoms with van der Waals surface area (Å²) in [5, 5.41) is 17.4. The van der Waals surface area contributed by atoms with Crippen LogP contribution in [0.2, 0.25) is 0 Å². The van der Waals surface area contributed by atoms with E-state index in [2.05, 4.69) is 10.6 Å². The number of nitro groups is 1. The predicted octanol–water partition coefficient (Wildman–Crippen LogP) is 4.54. The molecule has 2 aromatic rings. The minimum Gasteiger partial charge on any atom is -0.493 e. The molecule has 3 rings (SSSR count). The van der Waals surface area contributed by atoms with Gasteiger partial charge in [-0.25, -0.2) is 9.59 Å². The lowest BCUT2D eigenvalue weighted by Gasteiger charge is -2.29. The van der Waals surface area contributed by atoms with Crippen LogP contribution in [0.25, 0.3) is 0 Å². The van der Waals surface area contributed by atoms with E-state index in [-0.39, 0.29) is 36.0 Å². The van der Waals surface area contributed by atoms with Crippen LogP contribution in [-0.4, -0.2) is 30.6 Å². The van der Waals surface area contributed by atoms with Crippen LogP contribution in [0.4, 0.5) is 10.5 Å². The lowest BCUT2D eigenvalue weighted by atomic mass is 9.92. The largest absolute Gasteiger partial charge is 0.493 e. The first-order valence-corrected chi connectivity index (χ1v) is 11.4. The topological polar surface area (TPSA) is 129 Å². The monoisotopic (exact) mass is 483 g/mol. The highest BCUT2D eigenvalue weighted by Gasteiger charge is 2.36. The number of allylic oxidation sites excluding steroid dienone is 1. The van der Waals surface area contributed by atoms with E-state index in [0.717, 1.165) is 18.4 Å². The molecule has 1 aliphatic heterocycles. The molecule has 1 aliphatic rings. The van der Waals surface area contributed by atoms with E-state index < -0.39 is 23.0 Å². The Hall–Kier alpha value is -4.08. The van der Waals surface area contributed by atoms with Gasteiger partial charge < -0.3 is 24.8 Å². The molecular weight excluding hydrogens is 454 g/mol. The predicted molar refractivity (Wildman–Crippen MR) is 128 cm³/mol. The van der Waals surface area contributed by atoms with Gasteiger partial charge in [0.1, 0.15) is 6.61 Å². The summed E-state index contributed by atoms with van der Waals surface area (Å²) in [6.45, 7) is 3.91. The number of carbonyl (C=O) groups is 2. The molecule has 10 heteroatoms. The van der Waals surface area contributed by atoms with Gasteiger partial charge in [-0.2, -0.15) is 0 Å². The second-order valence-electron chi connectivity index (χ2n) is 7.85. The van der Waals surface area contributed by atoms with E-state index in [9.17, 15) is 19.7 Å². The number of nitrogens with zero attached hydrogens (tertiary/aromatic N) is 1. The molecule has 1 unspecified atom stereocenters. The average molecular weight is 484 g/mol. The number of rotatable bonds is 11. The molecule has 1 heterocycles. The molecule has 0 aliphatic carbocycles. The van der Waals surface area contributed by atoms with Crippen molar-refractivity contribution in [2.24, 2.45) is 0 Å². The number of amides is 2. The van der Waals surface area contributed by atoms with Gasteiger partial charge in [0, 0.05) is 11.8 Å². The number of hydrogen-bond donors (Lipinski definition) is 2. The molecule has 2 aromatic carbocycles. The maximum atomic E-state index is 12.9. The van der Waals surface area contributed by atoms with Gasteiger partial charge in [0.05, 0.1) is 30.3 Å². The number of carbonyl (C=O) groups excluding carboxylic acids is 2. The molecule has 0 aromatic heterocycles. The summed E-state index contributed by atoms with van der Waals surface area (Å²) in [5.74, 6) is -0.545. The number of benzene rings is 2. The Kier molecular flexibility index (Phi) is 8.66. The van der Waals surface area contributed by atoms with E-state index >= 15 is 0 Å². The molecular formula is C25H29N3O7. The van der Waals surface area contributed by atoms with Crippen molar-refractivity contribution in [1.29, 1.82) is 0 Å². The maximum Gasteiger partial charge on any atom is 0.338 e. The van der Waals surface area contributed by atoms with Gasteiger partial charge in [0.15, 0.2) is 5.75 Å². The highest BCUT2D eigenvalue weighted by atomic mass is 16.6. The quantitative estimate of drug-likeness (QED) is 0.273. The Labute approximate surface area is 203 Å². The van der Waals surface area contributed by atoms with Crippen LogP contribution in [0.1, 0.15) is 50.3 Å². The zero-order valence-corrected chi connectivity index (χ0v) is 20.0. The molecule has 0 radical (unpaired) electrons. The van der Waals surface area contributed by atoms with Crippen LogP contribution in [0.5, 0.6) is 11.5 Å². The normalized spacial score (nSPS) is 15.2. The summed E-state index contributed by atoms with van der Waals surface area (Å²) in [7, 11) is 1.37. The van der Waals surface area contributed by atoms with Crippen molar-refractivity contribution in [2.45, 2.75) is 45.8 Å². The van der Waals surface area contributed by atoms with Gasteiger partial charge in [-0.15, -0.1) is 0 Å². The first-order chi connectivity index (χ1) is 16.9. The zero-order valence-electron chi connectivity index (χ0n) is 20.0. The SMILES string of the molecule is CCCCC1=C(C(=O)OCC)C(c2cc(OC)c(OCc3ccccc3)c([N+](=O)[O-])c2)NC(=O)N1. The molecule has 10 nitrogen and oxygen atoms in total. The average Bonchev–Trinajstić information content (AvgIpc) is 2.85. The van der Waals surface area contributed by atoms with E-state index in [1.807, 2.05) is 37.3 Å². The molecule has 0 spiro atoms. The lowest BCUT2D eigenvalue weighted by molar-refractivity contribution is -0.386. The van der Waals surface area contributed by atoms with E-state index in [1.54, 1.807) is 6.92 Å². The van der Waals surface area contributed by atoms with Crippen LogP contribution in [0.3, 0.4) is 0 Å². The van der Waals surface area contributed by atoms with Crippen molar-refractivity contribution < 1.29 is 28.7 Å². The van der Waals surface area contributed by atoms with Gasteiger partial charge in [0.2, 0.25) is 5.75 Å². The van der Waals surface area contributed by atoms with E-state index in [0.29, 0.717) is 17.7 Å². The van der Waals surface area contributed by atoms with Crippen LogP contribution < -0.4 is 20.1 Å². The Morgan fingerprint density at radius 1 is 1.17 bits per heavy atom. The lowest BCUT2D eigenvalue weighted by Crippen LogP contribution is -2.46. The molecule has 0 saturated carbocycles. The standard InChI is InChI=1S/C25H29N3O7/c1-4-6-12-18-21(24(29)34-5-2)22(27-25(30)26-18)17-13-19(28(31)32)23(20(14-17)33-3)35-15-16-10-8-7-9-11-16/h7-11,13-14,22H,4-6,12,15H2,1-3H3,(H2,26,27,30). The first kappa shape index (κ1) is 25.5. The van der Waals surface area contributed by atoms with Crippen LogP contribution in [0.15, 0.2) is 53.7 Å². The maximum absolute atomic E-state index is 12.9. The van der Waals surface area contributed by atoms with E-state index in [1.165, 1.54) is 19.2 Å². The minimum atomic E-state index is -0.967. The number of nitrogens with one attached hydrogen (secondary N) is 2. The smallest absolute Gasteiger partial charge is 0.338 e. The molecule has 0 saturated heterocycles. The molecule has 2 N–H and O–H groups in total.